The lowest BCUT2D eigenvalue weighted by molar-refractivity contribution is 0.0652. The zero-order chi connectivity index (χ0) is 13.6. The molecule has 0 aliphatic rings. The highest BCUT2D eigenvalue weighted by molar-refractivity contribution is 6.16. The molecule has 1 heterocycles. The lowest BCUT2D eigenvalue weighted by Gasteiger charge is -2.01. The van der Waals surface area contributed by atoms with Gasteiger partial charge in [-0.1, -0.05) is 18.2 Å². The number of para-hydroxylation sites is 1. The van der Waals surface area contributed by atoms with Crippen LogP contribution in [0.25, 0.3) is 21.9 Å². The van der Waals surface area contributed by atoms with E-state index in [1.165, 1.54) is 6.07 Å². The molecule has 5 nitrogen and oxygen atoms in total. The molecule has 0 amide bonds. The highest BCUT2D eigenvalue weighted by atomic mass is 16.4. The Morgan fingerprint density at radius 3 is 2.32 bits per heavy atom. The van der Waals surface area contributed by atoms with Crippen LogP contribution in [0.1, 0.15) is 20.7 Å². The minimum Gasteiger partial charge on any atom is -0.478 e. The monoisotopic (exact) mass is 256 g/mol. The Labute approximate surface area is 106 Å². The Balaban J connectivity index is 2.52. The van der Waals surface area contributed by atoms with Crippen molar-refractivity contribution in [3.05, 3.63) is 47.5 Å². The SMILES string of the molecule is O=C(O)c1ccc2c(oc3ccccc32)c1C(=O)O. The van der Waals surface area contributed by atoms with Crippen LogP contribution in [-0.2, 0) is 0 Å². The van der Waals surface area contributed by atoms with Gasteiger partial charge in [-0.15, -0.1) is 0 Å². The van der Waals surface area contributed by atoms with E-state index < -0.39 is 11.9 Å². The summed E-state index contributed by atoms with van der Waals surface area (Å²) < 4.78 is 5.49. The van der Waals surface area contributed by atoms with E-state index in [0.29, 0.717) is 11.0 Å². The van der Waals surface area contributed by atoms with Crippen molar-refractivity contribution in [1.29, 1.82) is 0 Å². The largest absolute Gasteiger partial charge is 0.478 e. The first-order chi connectivity index (χ1) is 9.09. The number of carboxylic acids is 2. The number of fused-ring (bicyclic) bond motifs is 3. The normalized spacial score (nSPS) is 10.9. The van der Waals surface area contributed by atoms with Gasteiger partial charge < -0.3 is 14.6 Å². The molecule has 0 saturated heterocycles. The molecule has 2 aromatic carbocycles. The lowest BCUT2D eigenvalue weighted by atomic mass is 10.0. The van der Waals surface area contributed by atoms with Crippen LogP contribution in [0, 0.1) is 0 Å². The summed E-state index contributed by atoms with van der Waals surface area (Å²) >= 11 is 0. The standard InChI is InChI=1S/C14H8O5/c15-13(16)9-6-5-8-7-3-1-2-4-10(7)19-12(8)11(9)14(17)18/h1-6H,(H,15,16)(H,17,18). The second-order valence-corrected chi connectivity index (χ2v) is 4.07. The number of hydrogen-bond donors (Lipinski definition) is 2. The molecule has 3 aromatic rings. The van der Waals surface area contributed by atoms with Crippen molar-refractivity contribution in [2.75, 3.05) is 0 Å². The van der Waals surface area contributed by atoms with Crippen LogP contribution in [0.15, 0.2) is 40.8 Å². The van der Waals surface area contributed by atoms with Crippen LogP contribution < -0.4 is 0 Å². The number of benzene rings is 2. The molecular formula is C14H8O5. The molecule has 0 radical (unpaired) electrons. The Hall–Kier alpha value is -2.82. The number of aromatic carboxylic acids is 2. The summed E-state index contributed by atoms with van der Waals surface area (Å²) in [6.45, 7) is 0. The Kier molecular flexibility index (Phi) is 2.28. The van der Waals surface area contributed by atoms with Gasteiger partial charge in [0.15, 0.2) is 5.58 Å². The van der Waals surface area contributed by atoms with Crippen LogP contribution >= 0.6 is 0 Å². The van der Waals surface area contributed by atoms with Crippen LogP contribution in [0.4, 0.5) is 0 Å². The fourth-order valence-corrected chi connectivity index (χ4v) is 2.18. The van der Waals surface area contributed by atoms with Crippen LogP contribution in [0.3, 0.4) is 0 Å². The van der Waals surface area contributed by atoms with Gasteiger partial charge in [-0.25, -0.2) is 9.59 Å². The number of carbonyl (C=O) groups is 2. The second kappa shape index (κ2) is 3.84. The molecule has 5 heteroatoms. The molecule has 2 N–H and O–H groups in total. The molecule has 1 aromatic heterocycles. The van der Waals surface area contributed by atoms with Crippen LogP contribution in [0.5, 0.6) is 0 Å². The minimum absolute atomic E-state index is 0.0913. The summed E-state index contributed by atoms with van der Waals surface area (Å²) in [7, 11) is 0. The minimum atomic E-state index is -1.32. The van der Waals surface area contributed by atoms with Gasteiger partial charge in [0.25, 0.3) is 0 Å². The van der Waals surface area contributed by atoms with E-state index in [1.807, 2.05) is 6.07 Å². The first-order valence-corrected chi connectivity index (χ1v) is 5.50. The Morgan fingerprint density at radius 2 is 1.63 bits per heavy atom. The van der Waals surface area contributed by atoms with Crippen molar-refractivity contribution in [2.45, 2.75) is 0 Å². The summed E-state index contributed by atoms with van der Waals surface area (Å²) in [6, 6.07) is 9.94. The summed E-state index contributed by atoms with van der Waals surface area (Å²) in [5.74, 6) is -2.61. The zero-order valence-electron chi connectivity index (χ0n) is 9.58. The average Bonchev–Trinajstić information content (AvgIpc) is 2.75. The second-order valence-electron chi connectivity index (χ2n) is 4.07. The Morgan fingerprint density at radius 1 is 0.895 bits per heavy atom. The molecule has 0 unspecified atom stereocenters. The molecular weight excluding hydrogens is 248 g/mol. The number of hydrogen-bond acceptors (Lipinski definition) is 3. The lowest BCUT2D eigenvalue weighted by Crippen LogP contribution is -2.08. The van der Waals surface area contributed by atoms with E-state index in [9.17, 15) is 14.7 Å². The van der Waals surface area contributed by atoms with E-state index in [2.05, 4.69) is 0 Å². The first kappa shape index (κ1) is 11.3. The molecule has 0 bridgehead atoms. The molecule has 0 spiro atoms. The first-order valence-electron chi connectivity index (χ1n) is 5.50. The van der Waals surface area contributed by atoms with Crippen LogP contribution in [-0.4, -0.2) is 22.2 Å². The van der Waals surface area contributed by atoms with Crippen molar-refractivity contribution >= 4 is 33.9 Å². The smallest absolute Gasteiger partial charge is 0.340 e. The van der Waals surface area contributed by atoms with Crippen molar-refractivity contribution < 1.29 is 24.2 Å². The maximum absolute atomic E-state index is 11.3. The van der Waals surface area contributed by atoms with Gasteiger partial charge in [0.2, 0.25) is 0 Å². The maximum atomic E-state index is 11.3. The topological polar surface area (TPSA) is 87.7 Å². The highest BCUT2D eigenvalue weighted by Gasteiger charge is 2.22. The van der Waals surface area contributed by atoms with Gasteiger partial charge in [0, 0.05) is 10.8 Å². The number of furan rings is 1. The number of rotatable bonds is 2. The molecule has 0 saturated carbocycles. The number of carboxylic acid groups (broad SMARTS) is 2. The molecule has 3 rings (SSSR count). The summed E-state index contributed by atoms with van der Waals surface area (Å²) in [5, 5.41) is 19.6. The molecule has 0 atom stereocenters. The van der Waals surface area contributed by atoms with Gasteiger partial charge in [0.05, 0.1) is 5.56 Å². The van der Waals surface area contributed by atoms with Gasteiger partial charge in [-0.2, -0.15) is 0 Å². The third-order valence-corrected chi connectivity index (χ3v) is 2.99. The van der Waals surface area contributed by atoms with Gasteiger partial charge >= 0.3 is 11.9 Å². The maximum Gasteiger partial charge on any atom is 0.340 e. The third-order valence-electron chi connectivity index (χ3n) is 2.99. The Bertz CT molecular complexity index is 828. The average molecular weight is 256 g/mol. The van der Waals surface area contributed by atoms with E-state index >= 15 is 0 Å². The van der Waals surface area contributed by atoms with E-state index in [-0.39, 0.29) is 16.7 Å². The molecule has 0 aliphatic heterocycles. The van der Waals surface area contributed by atoms with E-state index in [1.54, 1.807) is 24.3 Å². The fourth-order valence-electron chi connectivity index (χ4n) is 2.18. The molecule has 0 fully saturated rings. The molecule has 19 heavy (non-hydrogen) atoms. The van der Waals surface area contributed by atoms with E-state index in [0.717, 1.165) is 5.39 Å². The zero-order valence-corrected chi connectivity index (χ0v) is 9.58. The van der Waals surface area contributed by atoms with Crippen molar-refractivity contribution in [3.8, 4) is 0 Å². The molecule has 94 valence electrons. The van der Waals surface area contributed by atoms with Crippen molar-refractivity contribution in [1.82, 2.24) is 0 Å². The van der Waals surface area contributed by atoms with Crippen molar-refractivity contribution in [2.24, 2.45) is 0 Å². The van der Waals surface area contributed by atoms with E-state index in [4.69, 9.17) is 9.52 Å². The predicted molar refractivity (Wildman–Crippen MR) is 67.6 cm³/mol. The molecule has 0 aliphatic carbocycles. The third kappa shape index (κ3) is 1.55. The summed E-state index contributed by atoms with van der Waals surface area (Å²) in [4.78, 5) is 22.4. The van der Waals surface area contributed by atoms with Gasteiger partial charge in [-0.05, 0) is 18.2 Å². The van der Waals surface area contributed by atoms with Gasteiger partial charge in [0.1, 0.15) is 11.1 Å². The van der Waals surface area contributed by atoms with Gasteiger partial charge in [-0.3, -0.25) is 0 Å². The highest BCUT2D eigenvalue weighted by Crippen LogP contribution is 2.32. The fraction of sp³-hybridized carbons (Fsp3) is 0. The quantitative estimate of drug-likeness (QED) is 0.735. The summed E-state index contributed by atoms with van der Waals surface area (Å²) in [5.41, 5.74) is 0.0244. The predicted octanol–water partition coefficient (Wildman–Crippen LogP) is 2.98. The van der Waals surface area contributed by atoms with Crippen LogP contribution in [0.2, 0.25) is 0 Å². The summed E-state index contributed by atoms with van der Waals surface area (Å²) in [6.07, 6.45) is 0. The van der Waals surface area contributed by atoms with Crippen molar-refractivity contribution in [3.63, 3.8) is 0 Å².